The number of halogens is 1. The molecule has 8 nitrogen and oxygen atoms in total. The van der Waals surface area contributed by atoms with Crippen molar-refractivity contribution in [1.82, 2.24) is 19.6 Å². The summed E-state index contributed by atoms with van der Waals surface area (Å²) in [6, 6.07) is 17.6. The van der Waals surface area contributed by atoms with E-state index < -0.39 is 10.0 Å². The van der Waals surface area contributed by atoms with Gasteiger partial charge >= 0.3 is 0 Å². The molecular formula is C21H16BrN5O3S. The molecule has 5 rings (SSSR count). The van der Waals surface area contributed by atoms with Crippen LogP contribution in [0.5, 0.6) is 0 Å². The van der Waals surface area contributed by atoms with Crippen LogP contribution in [0.1, 0.15) is 5.56 Å². The Morgan fingerprint density at radius 3 is 2.45 bits per heavy atom. The zero-order valence-electron chi connectivity index (χ0n) is 16.5. The van der Waals surface area contributed by atoms with Crippen molar-refractivity contribution in [3.8, 4) is 11.6 Å². The second-order valence-corrected chi connectivity index (χ2v) is 9.75. The number of sulfonamides is 1. The number of furan rings is 1. The van der Waals surface area contributed by atoms with Crippen LogP contribution in [0.4, 0.5) is 5.82 Å². The highest BCUT2D eigenvalue weighted by molar-refractivity contribution is 9.10. The van der Waals surface area contributed by atoms with Crippen molar-refractivity contribution in [3.63, 3.8) is 0 Å². The molecule has 31 heavy (non-hydrogen) atoms. The maximum atomic E-state index is 13.3. The molecule has 3 aromatic heterocycles. The smallest absolute Gasteiger partial charge is 0.265 e. The number of rotatable bonds is 4. The molecule has 0 radical (unpaired) electrons. The third kappa shape index (κ3) is 3.19. The zero-order valence-corrected chi connectivity index (χ0v) is 18.9. The second-order valence-electron chi connectivity index (χ2n) is 7.00. The number of para-hydroxylation sites is 2. The molecule has 0 saturated carbocycles. The number of benzene rings is 2. The summed E-state index contributed by atoms with van der Waals surface area (Å²) < 4.78 is 35.7. The van der Waals surface area contributed by atoms with Gasteiger partial charge < -0.3 is 4.42 Å². The Morgan fingerprint density at radius 2 is 1.74 bits per heavy atom. The van der Waals surface area contributed by atoms with Crippen LogP contribution >= 0.6 is 15.9 Å². The highest BCUT2D eigenvalue weighted by atomic mass is 79.9. The Balaban J connectivity index is 1.77. The van der Waals surface area contributed by atoms with E-state index in [0.29, 0.717) is 27.4 Å². The lowest BCUT2D eigenvalue weighted by molar-refractivity contribution is 0.551. The fourth-order valence-corrected chi connectivity index (χ4v) is 4.81. The number of aromatic nitrogens is 4. The van der Waals surface area contributed by atoms with E-state index in [1.807, 2.05) is 31.2 Å². The minimum absolute atomic E-state index is 0.170. The van der Waals surface area contributed by atoms with Crippen molar-refractivity contribution in [2.24, 2.45) is 0 Å². The molecule has 0 spiro atoms. The van der Waals surface area contributed by atoms with E-state index in [1.165, 1.54) is 7.05 Å². The molecule has 0 N–H and O–H groups in total. The molecule has 0 atom stereocenters. The van der Waals surface area contributed by atoms with Gasteiger partial charge in [-0.05, 0) is 59.3 Å². The average Bonchev–Trinajstić information content (AvgIpc) is 3.39. The predicted molar refractivity (Wildman–Crippen MR) is 120 cm³/mol. The van der Waals surface area contributed by atoms with Gasteiger partial charge in [-0.15, -0.1) is 10.2 Å². The van der Waals surface area contributed by atoms with E-state index in [1.54, 1.807) is 40.8 Å². The molecule has 156 valence electrons. The van der Waals surface area contributed by atoms with E-state index in [2.05, 4.69) is 31.1 Å². The molecule has 0 fully saturated rings. The number of aryl methyl sites for hydroxylation is 1. The van der Waals surface area contributed by atoms with E-state index in [9.17, 15) is 8.42 Å². The summed E-state index contributed by atoms with van der Waals surface area (Å²) in [6.07, 6.45) is 0. The number of fused-ring (bicyclic) bond motifs is 3. The van der Waals surface area contributed by atoms with Gasteiger partial charge in [-0.2, -0.15) is 0 Å². The molecule has 5 aromatic rings. The van der Waals surface area contributed by atoms with Crippen LogP contribution < -0.4 is 4.31 Å². The molecule has 3 heterocycles. The molecule has 0 aliphatic carbocycles. The minimum Gasteiger partial charge on any atom is -0.446 e. The van der Waals surface area contributed by atoms with Crippen LogP contribution in [0.15, 0.2) is 74.6 Å². The maximum Gasteiger partial charge on any atom is 0.265 e. The molecule has 0 bridgehead atoms. The summed E-state index contributed by atoms with van der Waals surface area (Å²) >= 11 is 3.30. The van der Waals surface area contributed by atoms with Gasteiger partial charge in [0.25, 0.3) is 10.0 Å². The zero-order chi connectivity index (χ0) is 21.8. The molecule has 0 aliphatic rings. The first-order valence-corrected chi connectivity index (χ1v) is 11.5. The maximum absolute atomic E-state index is 13.3. The largest absolute Gasteiger partial charge is 0.446 e. The molecular weight excluding hydrogens is 482 g/mol. The second kappa shape index (κ2) is 7.17. The fraction of sp³-hybridized carbons (Fsp3) is 0.0952. The van der Waals surface area contributed by atoms with Crippen molar-refractivity contribution >= 4 is 48.5 Å². The van der Waals surface area contributed by atoms with Crippen molar-refractivity contribution in [3.05, 3.63) is 70.9 Å². The molecule has 0 saturated heterocycles. The van der Waals surface area contributed by atoms with E-state index in [4.69, 9.17) is 4.42 Å². The third-order valence-electron chi connectivity index (χ3n) is 4.98. The fourth-order valence-electron chi connectivity index (χ4n) is 3.36. The van der Waals surface area contributed by atoms with Crippen LogP contribution in [0.3, 0.4) is 0 Å². The van der Waals surface area contributed by atoms with Gasteiger partial charge in [0, 0.05) is 7.05 Å². The first kappa shape index (κ1) is 19.7. The lowest BCUT2D eigenvalue weighted by atomic mass is 10.2. The van der Waals surface area contributed by atoms with Crippen LogP contribution in [-0.4, -0.2) is 35.0 Å². The van der Waals surface area contributed by atoms with Gasteiger partial charge in [-0.25, -0.2) is 17.7 Å². The minimum atomic E-state index is -3.86. The lowest BCUT2D eigenvalue weighted by Crippen LogP contribution is -2.28. The number of hydrogen-bond acceptors (Lipinski definition) is 6. The van der Waals surface area contributed by atoms with Crippen LogP contribution in [0.25, 0.3) is 28.3 Å². The van der Waals surface area contributed by atoms with Gasteiger partial charge in [0.15, 0.2) is 16.2 Å². The first-order valence-electron chi connectivity index (χ1n) is 9.31. The van der Waals surface area contributed by atoms with Crippen LogP contribution in [0, 0.1) is 6.92 Å². The van der Waals surface area contributed by atoms with Crippen molar-refractivity contribution in [2.45, 2.75) is 11.8 Å². The highest BCUT2D eigenvalue weighted by Gasteiger charge is 2.27. The summed E-state index contributed by atoms with van der Waals surface area (Å²) in [4.78, 5) is 4.78. The molecule has 0 unspecified atom stereocenters. The SMILES string of the molecule is Cc1ccc(S(=O)(=O)N(C)c2nc3ccccc3n3c(-c4ccc(Br)o4)nnc23)cc1. The van der Waals surface area contributed by atoms with Crippen molar-refractivity contribution in [1.29, 1.82) is 0 Å². The molecule has 2 aromatic carbocycles. The molecule has 10 heteroatoms. The van der Waals surface area contributed by atoms with Gasteiger partial charge in [0.05, 0.1) is 15.9 Å². The first-order chi connectivity index (χ1) is 14.9. The third-order valence-corrected chi connectivity index (χ3v) is 7.17. The van der Waals surface area contributed by atoms with Crippen LogP contribution in [-0.2, 0) is 10.0 Å². The molecule has 0 amide bonds. The number of anilines is 1. The average molecular weight is 498 g/mol. The summed E-state index contributed by atoms with van der Waals surface area (Å²) in [5.74, 6) is 1.11. The van der Waals surface area contributed by atoms with Crippen molar-refractivity contribution < 1.29 is 12.8 Å². The summed E-state index contributed by atoms with van der Waals surface area (Å²) in [5, 5.41) is 8.54. The topological polar surface area (TPSA) is 93.6 Å². The van der Waals surface area contributed by atoms with Crippen LogP contribution in [0.2, 0.25) is 0 Å². The normalized spacial score (nSPS) is 12.0. The summed E-state index contributed by atoms with van der Waals surface area (Å²) in [5.41, 5.74) is 2.61. The Morgan fingerprint density at radius 1 is 1.00 bits per heavy atom. The monoisotopic (exact) mass is 497 g/mol. The van der Waals surface area contributed by atoms with E-state index in [0.717, 1.165) is 15.4 Å². The summed E-state index contributed by atoms with van der Waals surface area (Å²) in [7, 11) is -2.40. The molecule has 0 aliphatic heterocycles. The van der Waals surface area contributed by atoms with Gasteiger partial charge in [0.2, 0.25) is 11.5 Å². The highest BCUT2D eigenvalue weighted by Crippen LogP contribution is 2.31. The van der Waals surface area contributed by atoms with Gasteiger partial charge in [-0.1, -0.05) is 29.8 Å². The van der Waals surface area contributed by atoms with Gasteiger partial charge in [0.1, 0.15) is 0 Å². The van der Waals surface area contributed by atoms with E-state index in [-0.39, 0.29) is 10.7 Å². The van der Waals surface area contributed by atoms with E-state index >= 15 is 0 Å². The standard InChI is InChI=1S/C21H16BrN5O3S/c1-13-7-9-14(10-8-13)31(28,29)26(2)20-21-25-24-19(17-11-12-18(22)30-17)27(21)16-6-4-3-5-15(16)23-20/h3-12H,1-2H3. The quantitative estimate of drug-likeness (QED) is 0.364. The number of nitrogens with zero attached hydrogens (tertiary/aromatic N) is 5. The Bertz CT molecular complexity index is 1540. The lowest BCUT2D eigenvalue weighted by Gasteiger charge is -2.19. The Hall–Kier alpha value is -3.24. The number of hydrogen-bond donors (Lipinski definition) is 0. The van der Waals surface area contributed by atoms with Crippen molar-refractivity contribution in [2.75, 3.05) is 11.4 Å². The van der Waals surface area contributed by atoms with Gasteiger partial charge in [-0.3, -0.25) is 4.40 Å². The Labute approximate surface area is 186 Å². The predicted octanol–water partition coefficient (Wildman–Crippen LogP) is 4.43. The Kier molecular flexibility index (Phi) is 4.56. The summed E-state index contributed by atoms with van der Waals surface area (Å²) in [6.45, 7) is 1.90.